The minimum absolute atomic E-state index is 0.515. The van der Waals surface area contributed by atoms with Crippen molar-refractivity contribution in [2.45, 2.75) is 25.3 Å². The Balaban J connectivity index is 2.03. The fourth-order valence-electron chi connectivity index (χ4n) is 2.02. The first kappa shape index (κ1) is 9.03. The van der Waals surface area contributed by atoms with E-state index < -0.39 is 0 Å². The molecule has 0 bridgehead atoms. The molecule has 0 aromatic carbocycles. The largest absolute Gasteiger partial charge is 0.330 e. The summed E-state index contributed by atoms with van der Waals surface area (Å²) >= 11 is 5.80. The van der Waals surface area contributed by atoms with Crippen LogP contribution in [-0.4, -0.2) is 16.3 Å². The van der Waals surface area contributed by atoms with E-state index in [0.29, 0.717) is 12.0 Å². The smallest absolute Gasteiger partial charge is 0.0785 e. The first-order chi connectivity index (χ1) is 6.29. The van der Waals surface area contributed by atoms with Gasteiger partial charge >= 0.3 is 0 Å². The van der Waals surface area contributed by atoms with Crippen LogP contribution in [0.15, 0.2) is 12.4 Å². The Kier molecular flexibility index (Phi) is 2.56. The number of aromatic nitrogens is 2. The summed E-state index contributed by atoms with van der Waals surface area (Å²) in [6.45, 7) is 0.797. The van der Waals surface area contributed by atoms with Gasteiger partial charge in [-0.25, -0.2) is 0 Å². The van der Waals surface area contributed by atoms with Crippen molar-refractivity contribution in [3.63, 3.8) is 0 Å². The molecule has 1 aliphatic carbocycles. The van der Waals surface area contributed by atoms with Gasteiger partial charge in [0.25, 0.3) is 0 Å². The molecule has 2 atom stereocenters. The van der Waals surface area contributed by atoms with Crippen LogP contribution in [0.1, 0.15) is 25.3 Å². The summed E-state index contributed by atoms with van der Waals surface area (Å²) < 4.78 is 1.97. The highest BCUT2D eigenvalue weighted by Crippen LogP contribution is 2.33. The molecule has 0 saturated heterocycles. The lowest BCUT2D eigenvalue weighted by atomic mass is 10.1. The molecule has 72 valence electrons. The highest BCUT2D eigenvalue weighted by Gasteiger charge is 2.25. The van der Waals surface area contributed by atoms with E-state index in [1.54, 1.807) is 6.20 Å². The molecule has 0 spiro atoms. The Morgan fingerprint density at radius 3 is 3.00 bits per heavy atom. The Labute approximate surface area is 82.9 Å². The van der Waals surface area contributed by atoms with Crippen LogP contribution in [-0.2, 0) is 0 Å². The SMILES string of the molecule is NCC1CCC(n2cc(Cl)cn2)C1. The van der Waals surface area contributed by atoms with Crippen molar-refractivity contribution >= 4 is 11.6 Å². The summed E-state index contributed by atoms with van der Waals surface area (Å²) in [4.78, 5) is 0. The molecule has 2 rings (SSSR count). The lowest BCUT2D eigenvalue weighted by molar-refractivity contribution is 0.443. The number of rotatable bonds is 2. The average molecular weight is 200 g/mol. The van der Waals surface area contributed by atoms with Crippen LogP contribution in [0.5, 0.6) is 0 Å². The van der Waals surface area contributed by atoms with Gasteiger partial charge in [-0.1, -0.05) is 11.6 Å². The molecule has 1 heterocycles. The van der Waals surface area contributed by atoms with Gasteiger partial charge in [0, 0.05) is 6.20 Å². The maximum Gasteiger partial charge on any atom is 0.0785 e. The van der Waals surface area contributed by atoms with E-state index in [1.807, 2.05) is 10.9 Å². The molecule has 3 nitrogen and oxygen atoms in total. The number of hydrogen-bond acceptors (Lipinski definition) is 2. The summed E-state index contributed by atoms with van der Waals surface area (Å²) in [7, 11) is 0. The van der Waals surface area contributed by atoms with E-state index in [4.69, 9.17) is 17.3 Å². The molecule has 4 heteroatoms. The van der Waals surface area contributed by atoms with Gasteiger partial charge < -0.3 is 5.73 Å². The normalized spacial score (nSPS) is 28.2. The van der Waals surface area contributed by atoms with E-state index in [2.05, 4.69) is 5.10 Å². The maximum absolute atomic E-state index is 5.80. The fraction of sp³-hybridized carbons (Fsp3) is 0.667. The van der Waals surface area contributed by atoms with Crippen LogP contribution >= 0.6 is 11.6 Å². The number of halogens is 1. The Hall–Kier alpha value is -0.540. The van der Waals surface area contributed by atoms with Crippen LogP contribution in [0.25, 0.3) is 0 Å². The first-order valence-electron chi connectivity index (χ1n) is 4.69. The third-order valence-corrected chi connectivity index (χ3v) is 2.99. The van der Waals surface area contributed by atoms with E-state index in [0.717, 1.165) is 18.0 Å². The molecular weight excluding hydrogens is 186 g/mol. The standard InChI is InChI=1S/C9H14ClN3/c10-8-5-12-13(6-8)9-2-1-7(3-9)4-11/h5-7,9H,1-4,11H2. The van der Waals surface area contributed by atoms with Crippen LogP contribution < -0.4 is 5.73 Å². The van der Waals surface area contributed by atoms with E-state index in [1.165, 1.54) is 12.8 Å². The van der Waals surface area contributed by atoms with Crippen molar-refractivity contribution in [3.05, 3.63) is 17.4 Å². The maximum atomic E-state index is 5.80. The lowest BCUT2D eigenvalue weighted by Gasteiger charge is -2.10. The van der Waals surface area contributed by atoms with Crippen molar-refractivity contribution in [1.29, 1.82) is 0 Å². The average Bonchev–Trinajstić information content (AvgIpc) is 2.71. The van der Waals surface area contributed by atoms with Gasteiger partial charge in [0.2, 0.25) is 0 Å². The minimum Gasteiger partial charge on any atom is -0.330 e. The van der Waals surface area contributed by atoms with E-state index >= 15 is 0 Å². The summed E-state index contributed by atoms with van der Waals surface area (Å²) in [5.41, 5.74) is 5.62. The van der Waals surface area contributed by atoms with Crippen LogP contribution in [0.4, 0.5) is 0 Å². The van der Waals surface area contributed by atoms with Crippen molar-refractivity contribution in [3.8, 4) is 0 Å². The van der Waals surface area contributed by atoms with E-state index in [-0.39, 0.29) is 0 Å². The van der Waals surface area contributed by atoms with Crippen LogP contribution in [0, 0.1) is 5.92 Å². The molecule has 2 unspecified atom stereocenters. The van der Waals surface area contributed by atoms with Gasteiger partial charge in [0.05, 0.1) is 17.3 Å². The fourth-order valence-corrected chi connectivity index (χ4v) is 2.16. The van der Waals surface area contributed by atoms with Crippen molar-refractivity contribution < 1.29 is 0 Å². The summed E-state index contributed by atoms with van der Waals surface area (Å²) in [5, 5.41) is 4.93. The summed E-state index contributed by atoms with van der Waals surface area (Å²) in [5.74, 6) is 0.674. The second-order valence-electron chi connectivity index (χ2n) is 3.71. The van der Waals surface area contributed by atoms with Crippen molar-refractivity contribution in [2.24, 2.45) is 11.7 Å². The molecule has 13 heavy (non-hydrogen) atoms. The number of hydrogen-bond donors (Lipinski definition) is 1. The second kappa shape index (κ2) is 3.68. The first-order valence-corrected chi connectivity index (χ1v) is 5.07. The zero-order valence-electron chi connectivity index (χ0n) is 7.49. The third-order valence-electron chi connectivity index (χ3n) is 2.79. The van der Waals surface area contributed by atoms with Crippen molar-refractivity contribution in [2.75, 3.05) is 6.54 Å². The van der Waals surface area contributed by atoms with Crippen LogP contribution in [0.2, 0.25) is 5.02 Å². The molecule has 0 radical (unpaired) electrons. The molecule has 2 N–H and O–H groups in total. The lowest BCUT2D eigenvalue weighted by Crippen LogP contribution is -2.12. The summed E-state index contributed by atoms with van der Waals surface area (Å²) in [6.07, 6.45) is 7.13. The van der Waals surface area contributed by atoms with Crippen molar-refractivity contribution in [1.82, 2.24) is 9.78 Å². The quantitative estimate of drug-likeness (QED) is 0.790. The summed E-state index contributed by atoms with van der Waals surface area (Å²) in [6, 6.07) is 0.515. The Bertz CT molecular complexity index is 284. The van der Waals surface area contributed by atoms with Gasteiger partial charge in [0.1, 0.15) is 0 Å². The molecular formula is C9H14ClN3. The topological polar surface area (TPSA) is 43.8 Å². The molecule has 1 aromatic heterocycles. The highest BCUT2D eigenvalue weighted by atomic mass is 35.5. The Morgan fingerprint density at radius 2 is 2.46 bits per heavy atom. The number of nitrogens with zero attached hydrogens (tertiary/aromatic N) is 2. The third kappa shape index (κ3) is 1.86. The molecule has 1 aromatic rings. The predicted molar refractivity (Wildman–Crippen MR) is 52.7 cm³/mol. The molecule has 0 aliphatic heterocycles. The second-order valence-corrected chi connectivity index (χ2v) is 4.14. The number of nitrogens with two attached hydrogens (primary N) is 1. The predicted octanol–water partition coefficient (Wildman–Crippen LogP) is 1.84. The molecule has 0 amide bonds. The van der Waals surface area contributed by atoms with Gasteiger partial charge in [-0.2, -0.15) is 5.10 Å². The monoisotopic (exact) mass is 199 g/mol. The minimum atomic E-state index is 0.515. The van der Waals surface area contributed by atoms with E-state index in [9.17, 15) is 0 Å². The van der Waals surface area contributed by atoms with Gasteiger partial charge in [-0.05, 0) is 31.7 Å². The highest BCUT2D eigenvalue weighted by molar-refractivity contribution is 6.30. The zero-order chi connectivity index (χ0) is 9.26. The molecule has 1 aliphatic rings. The molecule has 1 saturated carbocycles. The van der Waals surface area contributed by atoms with Gasteiger partial charge in [-0.3, -0.25) is 4.68 Å². The van der Waals surface area contributed by atoms with Gasteiger partial charge in [-0.15, -0.1) is 0 Å². The Morgan fingerprint density at radius 1 is 1.62 bits per heavy atom. The van der Waals surface area contributed by atoms with Crippen LogP contribution in [0.3, 0.4) is 0 Å². The zero-order valence-corrected chi connectivity index (χ0v) is 8.24. The molecule has 1 fully saturated rings. The van der Waals surface area contributed by atoms with Gasteiger partial charge in [0.15, 0.2) is 0 Å².